The van der Waals surface area contributed by atoms with E-state index < -0.39 is 34.3 Å². The molecular weight excluding hydrogens is 877 g/mol. The Bertz CT molecular complexity index is 1930. The summed E-state index contributed by atoms with van der Waals surface area (Å²) in [7, 11) is 0. The van der Waals surface area contributed by atoms with E-state index in [9.17, 15) is 29.1 Å². The van der Waals surface area contributed by atoms with Crippen LogP contribution in [0.25, 0.3) is 10.8 Å². The summed E-state index contributed by atoms with van der Waals surface area (Å²) < 4.78 is 20.3. The lowest BCUT2D eigenvalue weighted by Crippen LogP contribution is -2.36. The normalized spacial score (nSPS) is 20.0. The Morgan fingerprint density at radius 2 is 1.19 bits per heavy atom. The number of carbonyl (C=O) groups excluding carboxylic acids is 4. The van der Waals surface area contributed by atoms with Gasteiger partial charge in [-0.1, -0.05) is 97.0 Å². The van der Waals surface area contributed by atoms with Crippen molar-refractivity contribution in [1.29, 1.82) is 0 Å². The van der Waals surface area contributed by atoms with Crippen LogP contribution in [0.1, 0.15) is 180 Å². The highest BCUT2D eigenvalue weighted by Crippen LogP contribution is 2.59. The van der Waals surface area contributed by atoms with Crippen molar-refractivity contribution >= 4 is 40.6 Å². The number of carboxylic acid groups (broad SMARTS) is 1. The van der Waals surface area contributed by atoms with E-state index in [4.69, 9.17) is 29.2 Å². The largest absolute Gasteiger partial charge is 0.481 e. The van der Waals surface area contributed by atoms with Gasteiger partial charge < -0.3 is 34.3 Å². The average Bonchev–Trinajstić information content (AvgIpc) is 4.07. The van der Waals surface area contributed by atoms with Crippen LogP contribution >= 0.6 is 0 Å². The molecule has 0 radical (unpaired) electrons. The van der Waals surface area contributed by atoms with Gasteiger partial charge in [0.25, 0.3) is 0 Å². The summed E-state index contributed by atoms with van der Waals surface area (Å²) in [6.07, 6.45) is 10.1. The molecule has 7 atom stereocenters. The number of aliphatic carboxylic acids is 1. The number of esters is 4. The Hall–Kier alpha value is -4.29. The van der Waals surface area contributed by atoms with Crippen molar-refractivity contribution in [2.75, 3.05) is 26.4 Å². The number of hydrogen-bond donors (Lipinski definition) is 3. The first kappa shape index (κ1) is 62.7. The smallest absolute Gasteiger partial charge is 0.333 e. The van der Waals surface area contributed by atoms with Crippen molar-refractivity contribution in [1.82, 2.24) is 0 Å². The second-order valence-corrected chi connectivity index (χ2v) is 21.8. The third kappa shape index (κ3) is 20.2. The second-order valence-electron chi connectivity index (χ2n) is 21.8. The SMILES string of the molecule is C=C(C)C(=O)OCC(O)COC(=O)C(C)(C)CC.CCC(C)(C)C(=O)O.CCC(C)(C)C(=O)OC1CC2CC1C1CCCC21.CCC(C)(C)C(=O)OCCO.CCC(C)c1ccc2ccccc2c1. The van der Waals surface area contributed by atoms with Gasteiger partial charge in [0.15, 0.2) is 0 Å². The quantitative estimate of drug-likeness (QED) is 0.0731. The summed E-state index contributed by atoms with van der Waals surface area (Å²) in [6, 6.07) is 15.3. The molecule has 3 saturated carbocycles. The first-order valence-corrected chi connectivity index (χ1v) is 25.5. The van der Waals surface area contributed by atoms with Gasteiger partial charge >= 0.3 is 29.8 Å². The highest BCUT2D eigenvalue weighted by atomic mass is 16.6. The van der Waals surface area contributed by atoms with Crippen molar-refractivity contribution in [2.45, 2.75) is 186 Å². The van der Waals surface area contributed by atoms with E-state index >= 15 is 0 Å². The van der Waals surface area contributed by atoms with Crippen molar-refractivity contribution in [3.63, 3.8) is 0 Å². The zero-order chi connectivity index (χ0) is 52.9. The summed E-state index contributed by atoms with van der Waals surface area (Å²) in [5.74, 6) is 2.19. The van der Waals surface area contributed by atoms with Gasteiger partial charge in [0.05, 0.1) is 28.3 Å². The molecule has 69 heavy (non-hydrogen) atoms. The Labute approximate surface area is 415 Å². The van der Waals surface area contributed by atoms with Crippen LogP contribution in [0.5, 0.6) is 0 Å². The van der Waals surface area contributed by atoms with Crippen LogP contribution in [-0.2, 0) is 42.9 Å². The summed E-state index contributed by atoms with van der Waals surface area (Å²) >= 11 is 0. The highest BCUT2D eigenvalue weighted by Gasteiger charge is 2.55. The molecular formula is C57H92O12. The zero-order valence-electron chi connectivity index (χ0n) is 45.2. The molecule has 3 N–H and O–H groups in total. The van der Waals surface area contributed by atoms with Crippen LogP contribution in [0.4, 0.5) is 0 Å². The number of carbonyl (C=O) groups is 5. The third-order valence-electron chi connectivity index (χ3n) is 14.8. The third-order valence-corrected chi connectivity index (χ3v) is 14.8. The van der Waals surface area contributed by atoms with Crippen molar-refractivity contribution in [3.05, 3.63) is 60.2 Å². The average molecular weight is 969 g/mol. The van der Waals surface area contributed by atoms with E-state index in [2.05, 4.69) is 69.8 Å². The predicted molar refractivity (Wildman–Crippen MR) is 274 cm³/mol. The fraction of sp³-hybridized carbons (Fsp3) is 0.702. The highest BCUT2D eigenvalue weighted by molar-refractivity contribution is 5.87. The first-order valence-electron chi connectivity index (χ1n) is 25.5. The maximum Gasteiger partial charge on any atom is 0.333 e. The monoisotopic (exact) mass is 969 g/mol. The maximum absolute atomic E-state index is 12.2. The van der Waals surface area contributed by atoms with Crippen molar-refractivity contribution < 1.29 is 58.2 Å². The van der Waals surface area contributed by atoms with Crippen LogP contribution in [0.3, 0.4) is 0 Å². The molecule has 392 valence electrons. The summed E-state index contributed by atoms with van der Waals surface area (Å²) in [5.41, 5.74) is -0.141. The lowest BCUT2D eigenvalue weighted by molar-refractivity contribution is -0.164. The van der Waals surface area contributed by atoms with E-state index in [1.54, 1.807) is 27.7 Å². The number of fused-ring (bicyclic) bond motifs is 6. The fourth-order valence-electron chi connectivity index (χ4n) is 7.82. The van der Waals surface area contributed by atoms with Gasteiger partial charge in [-0.05, 0) is 166 Å². The lowest BCUT2D eigenvalue weighted by Gasteiger charge is -2.33. The Morgan fingerprint density at radius 3 is 1.68 bits per heavy atom. The number of carboxylic acids is 1. The summed E-state index contributed by atoms with van der Waals surface area (Å²) in [6.45, 7) is 31.4. The minimum Gasteiger partial charge on any atom is -0.481 e. The Balaban J connectivity index is 0.000000443. The van der Waals surface area contributed by atoms with Gasteiger partial charge in [-0.3, -0.25) is 19.2 Å². The number of aliphatic hydroxyl groups is 2. The Morgan fingerprint density at radius 1 is 0.681 bits per heavy atom. The molecule has 7 unspecified atom stereocenters. The number of benzene rings is 2. The molecule has 0 aromatic heterocycles. The van der Waals surface area contributed by atoms with Crippen molar-refractivity contribution in [2.24, 2.45) is 45.3 Å². The van der Waals surface area contributed by atoms with Gasteiger partial charge in [-0.2, -0.15) is 0 Å². The van der Waals surface area contributed by atoms with Gasteiger partial charge in [-0.25, -0.2) is 4.79 Å². The van der Waals surface area contributed by atoms with E-state index in [0.717, 1.165) is 37.0 Å². The molecule has 3 aliphatic carbocycles. The van der Waals surface area contributed by atoms with E-state index in [1.807, 2.05) is 48.5 Å². The predicted octanol–water partition coefficient (Wildman–Crippen LogP) is 12.1. The summed E-state index contributed by atoms with van der Waals surface area (Å²) in [4.78, 5) is 56.2. The van der Waals surface area contributed by atoms with Gasteiger partial charge in [0.1, 0.15) is 32.0 Å². The Kier molecular flexibility index (Phi) is 26.5. The molecule has 3 fully saturated rings. The number of ether oxygens (including phenoxy) is 4. The second kappa shape index (κ2) is 29.1. The molecule has 0 spiro atoms. The minimum absolute atomic E-state index is 0.0251. The van der Waals surface area contributed by atoms with Crippen molar-refractivity contribution in [3.8, 4) is 0 Å². The van der Waals surface area contributed by atoms with Crippen LogP contribution in [0.15, 0.2) is 54.6 Å². The van der Waals surface area contributed by atoms with E-state index in [1.165, 1.54) is 55.4 Å². The standard InChI is InChI=1S/C16H26O2.C14H16.C13H22O5.C8H16O3.C6H12O2/c1-4-16(2,3)15(17)18-14-9-10-8-13(14)12-7-5-6-11(10)12;1-3-11(2)13-9-8-12-6-4-5-7-14(12)10-13;1-6-13(4,5)12(16)18-8-10(14)7-17-11(15)9(2)3;1-4-8(2,3)7(10)11-6-5-9;1-4-6(2,3)5(7)8/h10-14H,4-9H2,1-3H3;4-11H,3H2,1-2H3;10,14H,2,6-8H2,1,3-5H3;9H,4-6H2,1-3H3;4H2,1-3H3,(H,7,8). The van der Waals surface area contributed by atoms with Crippen LogP contribution < -0.4 is 0 Å². The molecule has 2 bridgehead atoms. The lowest BCUT2D eigenvalue weighted by atomic mass is 9.80. The fourth-order valence-corrected chi connectivity index (χ4v) is 7.82. The molecule has 2 aromatic rings. The van der Waals surface area contributed by atoms with Gasteiger partial charge in [0.2, 0.25) is 0 Å². The maximum atomic E-state index is 12.2. The number of aliphatic hydroxyl groups excluding tert-OH is 2. The molecule has 0 heterocycles. The molecule has 5 rings (SSSR count). The van der Waals surface area contributed by atoms with Crippen LogP contribution in [0, 0.1) is 45.3 Å². The molecule has 12 heteroatoms. The number of hydrogen-bond acceptors (Lipinski definition) is 11. The minimum atomic E-state index is -1.02. The summed E-state index contributed by atoms with van der Waals surface area (Å²) in [5, 5.41) is 29.0. The molecule has 0 saturated heterocycles. The van der Waals surface area contributed by atoms with Gasteiger partial charge in [0, 0.05) is 5.57 Å². The molecule has 0 amide bonds. The van der Waals surface area contributed by atoms with Gasteiger partial charge in [-0.15, -0.1) is 0 Å². The van der Waals surface area contributed by atoms with Crippen LogP contribution in [0.2, 0.25) is 0 Å². The van der Waals surface area contributed by atoms with E-state index in [-0.39, 0.29) is 61.4 Å². The molecule has 2 aromatic carbocycles. The molecule has 3 aliphatic rings. The zero-order valence-corrected chi connectivity index (χ0v) is 45.2. The molecule has 12 nitrogen and oxygen atoms in total. The topological polar surface area (TPSA) is 183 Å². The molecule has 0 aliphatic heterocycles. The van der Waals surface area contributed by atoms with Crippen LogP contribution in [-0.4, -0.2) is 83.8 Å². The first-order chi connectivity index (χ1) is 32.1. The van der Waals surface area contributed by atoms with E-state index in [0.29, 0.717) is 24.7 Å². The number of rotatable bonds is 18.